The van der Waals surface area contributed by atoms with E-state index < -0.39 is 0 Å². The van der Waals surface area contributed by atoms with Crippen molar-refractivity contribution >= 4 is 0 Å². The van der Waals surface area contributed by atoms with Crippen LogP contribution in [0.3, 0.4) is 0 Å². The fourth-order valence-corrected chi connectivity index (χ4v) is 2.28. The Bertz CT molecular complexity index is 603. The average Bonchev–Trinajstić information content (AvgIpc) is 2.38. The van der Waals surface area contributed by atoms with Gasteiger partial charge in [-0.25, -0.2) is 9.97 Å². The molecule has 0 unspecified atom stereocenters. The molecule has 0 amide bonds. The summed E-state index contributed by atoms with van der Waals surface area (Å²) in [6.07, 6.45) is 0. The van der Waals surface area contributed by atoms with Gasteiger partial charge in [0.2, 0.25) is 0 Å². The zero-order valence-electron chi connectivity index (χ0n) is 13.0. The van der Waals surface area contributed by atoms with Crippen LogP contribution in [-0.2, 0) is 6.54 Å². The van der Waals surface area contributed by atoms with Crippen LogP contribution >= 0.6 is 0 Å². The van der Waals surface area contributed by atoms with Crippen LogP contribution in [0.4, 0.5) is 0 Å². The molecule has 1 N–H and O–H groups in total. The van der Waals surface area contributed by atoms with Crippen molar-refractivity contribution in [3.8, 4) is 11.3 Å². The van der Waals surface area contributed by atoms with Crippen LogP contribution in [0.25, 0.3) is 11.3 Å². The van der Waals surface area contributed by atoms with Gasteiger partial charge in [0.25, 0.3) is 0 Å². The third kappa shape index (κ3) is 3.23. The highest BCUT2D eigenvalue weighted by molar-refractivity contribution is 5.64. The molecule has 0 atom stereocenters. The molecule has 0 aliphatic rings. The van der Waals surface area contributed by atoms with Gasteiger partial charge in [-0.2, -0.15) is 0 Å². The van der Waals surface area contributed by atoms with E-state index in [0.29, 0.717) is 12.5 Å². The number of nitrogens with one attached hydrogen (secondary N) is 1. The van der Waals surface area contributed by atoms with Crippen molar-refractivity contribution in [3.63, 3.8) is 0 Å². The molecule has 0 aliphatic carbocycles. The summed E-state index contributed by atoms with van der Waals surface area (Å²) < 4.78 is 0. The van der Waals surface area contributed by atoms with Gasteiger partial charge in [-0.1, -0.05) is 26.0 Å². The number of rotatable bonds is 4. The Morgan fingerprint density at radius 2 is 1.85 bits per heavy atom. The van der Waals surface area contributed by atoms with Crippen LogP contribution in [0.5, 0.6) is 0 Å². The SMILES string of the molecule is CNCc1nc(C)cc(-c2cc(C(C)C)ccc2C)n1. The molecule has 1 aromatic carbocycles. The van der Waals surface area contributed by atoms with Crippen molar-refractivity contribution in [3.05, 3.63) is 46.9 Å². The van der Waals surface area contributed by atoms with E-state index in [1.54, 1.807) is 0 Å². The lowest BCUT2D eigenvalue weighted by Gasteiger charge is -2.12. The minimum absolute atomic E-state index is 0.522. The van der Waals surface area contributed by atoms with E-state index in [0.717, 1.165) is 17.2 Å². The van der Waals surface area contributed by atoms with E-state index in [1.807, 2.05) is 14.0 Å². The summed E-state index contributed by atoms with van der Waals surface area (Å²) in [6.45, 7) is 9.27. The molecule has 0 aliphatic heterocycles. The molecule has 0 saturated carbocycles. The summed E-state index contributed by atoms with van der Waals surface area (Å²) >= 11 is 0. The molecular weight excluding hydrogens is 246 g/mol. The molecule has 2 aromatic rings. The third-order valence-corrected chi connectivity index (χ3v) is 3.44. The zero-order chi connectivity index (χ0) is 14.7. The first kappa shape index (κ1) is 14.7. The maximum absolute atomic E-state index is 4.68. The van der Waals surface area contributed by atoms with E-state index >= 15 is 0 Å². The Labute approximate surface area is 121 Å². The molecule has 0 bridgehead atoms. The zero-order valence-corrected chi connectivity index (χ0v) is 13.0. The highest BCUT2D eigenvalue weighted by atomic mass is 15.0. The molecule has 3 heteroatoms. The Morgan fingerprint density at radius 1 is 1.10 bits per heavy atom. The van der Waals surface area contributed by atoms with Crippen molar-refractivity contribution in [2.24, 2.45) is 0 Å². The Kier molecular flexibility index (Phi) is 4.50. The number of hydrogen-bond acceptors (Lipinski definition) is 3. The van der Waals surface area contributed by atoms with Gasteiger partial charge in [0.15, 0.2) is 0 Å². The van der Waals surface area contributed by atoms with Crippen LogP contribution in [0.1, 0.15) is 42.4 Å². The lowest BCUT2D eigenvalue weighted by Crippen LogP contribution is -2.10. The van der Waals surface area contributed by atoms with E-state index in [1.165, 1.54) is 16.7 Å². The maximum atomic E-state index is 4.68. The van der Waals surface area contributed by atoms with Crippen LogP contribution in [0.2, 0.25) is 0 Å². The first-order valence-corrected chi connectivity index (χ1v) is 7.11. The summed E-state index contributed by atoms with van der Waals surface area (Å²) in [6, 6.07) is 8.70. The van der Waals surface area contributed by atoms with Gasteiger partial charge in [-0.05, 0) is 50.1 Å². The Morgan fingerprint density at radius 3 is 2.50 bits per heavy atom. The van der Waals surface area contributed by atoms with Crippen molar-refractivity contribution in [1.29, 1.82) is 0 Å². The van der Waals surface area contributed by atoms with Crippen molar-refractivity contribution < 1.29 is 0 Å². The minimum atomic E-state index is 0.522. The van der Waals surface area contributed by atoms with Gasteiger partial charge in [0.05, 0.1) is 12.2 Å². The minimum Gasteiger partial charge on any atom is -0.313 e. The molecule has 0 saturated heterocycles. The summed E-state index contributed by atoms with van der Waals surface area (Å²) in [5.74, 6) is 1.37. The molecule has 3 nitrogen and oxygen atoms in total. The first-order chi connectivity index (χ1) is 9.51. The highest BCUT2D eigenvalue weighted by Crippen LogP contribution is 2.26. The normalized spacial score (nSPS) is 11.1. The van der Waals surface area contributed by atoms with Crippen molar-refractivity contribution in [2.75, 3.05) is 7.05 Å². The van der Waals surface area contributed by atoms with Gasteiger partial charge >= 0.3 is 0 Å². The molecule has 0 spiro atoms. The number of aryl methyl sites for hydroxylation is 2. The van der Waals surface area contributed by atoms with Gasteiger partial charge in [0.1, 0.15) is 5.82 Å². The Hall–Kier alpha value is -1.74. The van der Waals surface area contributed by atoms with E-state index in [2.05, 4.69) is 60.3 Å². The second-order valence-electron chi connectivity index (χ2n) is 5.57. The number of nitrogens with zero attached hydrogens (tertiary/aromatic N) is 2. The van der Waals surface area contributed by atoms with E-state index in [9.17, 15) is 0 Å². The topological polar surface area (TPSA) is 37.8 Å². The summed E-state index contributed by atoms with van der Waals surface area (Å²) in [4.78, 5) is 9.14. The van der Waals surface area contributed by atoms with E-state index in [-0.39, 0.29) is 0 Å². The number of aromatic nitrogens is 2. The molecule has 20 heavy (non-hydrogen) atoms. The number of hydrogen-bond donors (Lipinski definition) is 1. The van der Waals surface area contributed by atoms with Crippen LogP contribution < -0.4 is 5.32 Å². The largest absolute Gasteiger partial charge is 0.313 e. The highest BCUT2D eigenvalue weighted by Gasteiger charge is 2.09. The summed E-state index contributed by atoms with van der Waals surface area (Å²) in [7, 11) is 1.91. The molecular formula is C17H23N3. The lowest BCUT2D eigenvalue weighted by molar-refractivity contribution is 0.754. The second kappa shape index (κ2) is 6.14. The molecule has 1 heterocycles. The maximum Gasteiger partial charge on any atom is 0.143 e. The summed E-state index contributed by atoms with van der Waals surface area (Å²) in [5, 5.41) is 3.11. The third-order valence-electron chi connectivity index (χ3n) is 3.44. The standard InChI is InChI=1S/C17H23N3/c1-11(2)14-7-6-12(3)15(9-14)16-8-13(4)19-17(20-16)10-18-5/h6-9,11,18H,10H2,1-5H3. The predicted octanol–water partition coefficient (Wildman–Crippen LogP) is 3.60. The second-order valence-corrected chi connectivity index (χ2v) is 5.57. The molecule has 1 aromatic heterocycles. The van der Waals surface area contributed by atoms with Crippen molar-refractivity contribution in [1.82, 2.24) is 15.3 Å². The predicted molar refractivity (Wildman–Crippen MR) is 83.8 cm³/mol. The Balaban J connectivity index is 2.52. The summed E-state index contributed by atoms with van der Waals surface area (Å²) in [5.41, 5.74) is 5.83. The van der Waals surface area contributed by atoms with Gasteiger partial charge in [-0.3, -0.25) is 0 Å². The van der Waals surface area contributed by atoms with Gasteiger partial charge in [0, 0.05) is 11.3 Å². The number of benzene rings is 1. The fourth-order valence-electron chi connectivity index (χ4n) is 2.28. The van der Waals surface area contributed by atoms with Crippen molar-refractivity contribution in [2.45, 2.75) is 40.2 Å². The van der Waals surface area contributed by atoms with Crippen LogP contribution in [0, 0.1) is 13.8 Å². The molecule has 2 rings (SSSR count). The monoisotopic (exact) mass is 269 g/mol. The average molecular weight is 269 g/mol. The van der Waals surface area contributed by atoms with Gasteiger partial charge in [-0.15, -0.1) is 0 Å². The lowest BCUT2D eigenvalue weighted by atomic mass is 9.96. The van der Waals surface area contributed by atoms with Crippen LogP contribution in [-0.4, -0.2) is 17.0 Å². The molecule has 0 fully saturated rings. The first-order valence-electron chi connectivity index (χ1n) is 7.11. The molecule has 106 valence electrons. The van der Waals surface area contributed by atoms with Crippen LogP contribution in [0.15, 0.2) is 24.3 Å². The molecule has 0 radical (unpaired) electrons. The smallest absolute Gasteiger partial charge is 0.143 e. The fraction of sp³-hybridized carbons (Fsp3) is 0.412. The quantitative estimate of drug-likeness (QED) is 0.921. The van der Waals surface area contributed by atoms with Gasteiger partial charge < -0.3 is 5.32 Å². The van der Waals surface area contributed by atoms with E-state index in [4.69, 9.17) is 0 Å².